The monoisotopic (exact) mass is 283 g/mol. The van der Waals surface area contributed by atoms with E-state index in [1.807, 2.05) is 0 Å². The Hall–Kier alpha value is -2.82. The first-order valence-electron chi connectivity index (χ1n) is 6.31. The van der Waals surface area contributed by atoms with Crippen molar-refractivity contribution in [1.82, 2.24) is 0 Å². The van der Waals surface area contributed by atoms with Gasteiger partial charge in [-0.3, -0.25) is 9.59 Å². The number of carbonyl (C=O) groups is 2. The maximum atomic E-state index is 12.6. The van der Waals surface area contributed by atoms with Crippen molar-refractivity contribution in [2.45, 2.75) is 0 Å². The first-order chi connectivity index (χ1) is 10.1. The van der Waals surface area contributed by atoms with E-state index in [0.717, 1.165) is 0 Å². The molecule has 2 aromatic carbocycles. The number of hydrogen-bond donors (Lipinski definition) is 1. The van der Waals surface area contributed by atoms with Crippen molar-refractivity contribution in [1.29, 1.82) is 0 Å². The molecule has 0 amide bonds. The zero-order valence-corrected chi connectivity index (χ0v) is 11.6. The van der Waals surface area contributed by atoms with Crippen LogP contribution in [-0.2, 0) is 0 Å². The smallest absolute Gasteiger partial charge is 0.196 e. The highest BCUT2D eigenvalue weighted by Crippen LogP contribution is 2.35. The van der Waals surface area contributed by atoms with Gasteiger partial charge in [-0.05, 0) is 24.3 Å². The summed E-state index contributed by atoms with van der Waals surface area (Å²) in [5.41, 5.74) is 7.30. The van der Waals surface area contributed by atoms with Gasteiger partial charge in [0.15, 0.2) is 11.6 Å². The Morgan fingerprint density at radius 1 is 0.810 bits per heavy atom. The van der Waals surface area contributed by atoms with Crippen molar-refractivity contribution in [3.63, 3.8) is 0 Å². The van der Waals surface area contributed by atoms with Gasteiger partial charge < -0.3 is 15.2 Å². The number of fused-ring (bicyclic) bond motifs is 2. The number of ether oxygens (including phenoxy) is 2. The number of ketones is 2. The van der Waals surface area contributed by atoms with Crippen molar-refractivity contribution in [3.05, 3.63) is 52.6 Å². The van der Waals surface area contributed by atoms with Gasteiger partial charge in [0.05, 0.1) is 19.8 Å². The Morgan fingerprint density at radius 2 is 1.48 bits per heavy atom. The molecule has 0 saturated carbocycles. The molecule has 3 rings (SSSR count). The van der Waals surface area contributed by atoms with Crippen molar-refractivity contribution < 1.29 is 19.1 Å². The van der Waals surface area contributed by atoms with Gasteiger partial charge in [0, 0.05) is 28.4 Å². The molecule has 0 bridgehead atoms. The van der Waals surface area contributed by atoms with Gasteiger partial charge >= 0.3 is 0 Å². The van der Waals surface area contributed by atoms with Gasteiger partial charge in [0.1, 0.15) is 11.5 Å². The van der Waals surface area contributed by atoms with E-state index in [4.69, 9.17) is 15.2 Å². The summed E-state index contributed by atoms with van der Waals surface area (Å²) in [4.78, 5) is 25.2. The van der Waals surface area contributed by atoms with E-state index in [2.05, 4.69) is 0 Å². The summed E-state index contributed by atoms with van der Waals surface area (Å²) < 4.78 is 10.2. The van der Waals surface area contributed by atoms with E-state index in [9.17, 15) is 9.59 Å². The van der Waals surface area contributed by atoms with Crippen LogP contribution in [0.4, 0.5) is 5.69 Å². The van der Waals surface area contributed by atoms with Gasteiger partial charge in [-0.15, -0.1) is 0 Å². The zero-order valence-electron chi connectivity index (χ0n) is 11.6. The molecule has 0 aromatic heterocycles. The van der Waals surface area contributed by atoms with Crippen LogP contribution in [-0.4, -0.2) is 25.8 Å². The van der Waals surface area contributed by atoms with Crippen LogP contribution in [0.1, 0.15) is 31.8 Å². The Bertz CT molecular complexity index is 780. The van der Waals surface area contributed by atoms with Crippen LogP contribution in [0.2, 0.25) is 0 Å². The summed E-state index contributed by atoms with van der Waals surface area (Å²) >= 11 is 0. The van der Waals surface area contributed by atoms with E-state index in [1.54, 1.807) is 24.3 Å². The Morgan fingerprint density at radius 3 is 2.14 bits per heavy atom. The molecule has 2 N–H and O–H groups in total. The Labute approximate surface area is 121 Å². The van der Waals surface area contributed by atoms with E-state index in [0.29, 0.717) is 22.6 Å². The molecule has 21 heavy (non-hydrogen) atoms. The third kappa shape index (κ3) is 1.86. The summed E-state index contributed by atoms with van der Waals surface area (Å²) in [6.07, 6.45) is 0. The lowest BCUT2D eigenvalue weighted by atomic mass is 9.83. The number of benzene rings is 2. The summed E-state index contributed by atoms with van der Waals surface area (Å²) in [5.74, 6) is 0.444. The quantitative estimate of drug-likeness (QED) is 0.728. The van der Waals surface area contributed by atoms with Crippen LogP contribution < -0.4 is 15.2 Å². The van der Waals surface area contributed by atoms with Gasteiger partial charge in [0.2, 0.25) is 0 Å². The van der Waals surface area contributed by atoms with Crippen LogP contribution in [0.15, 0.2) is 30.3 Å². The number of hydrogen-bond acceptors (Lipinski definition) is 5. The molecule has 1 aliphatic rings. The minimum Gasteiger partial charge on any atom is -0.497 e. The normalized spacial score (nSPS) is 12.7. The SMILES string of the molecule is COc1ccc2c(c1)C(=O)c1cc(OC)cc(N)c1C2=O. The van der Waals surface area contributed by atoms with Crippen LogP contribution in [0.5, 0.6) is 11.5 Å². The zero-order chi connectivity index (χ0) is 15.1. The maximum Gasteiger partial charge on any atom is 0.196 e. The second-order valence-corrected chi connectivity index (χ2v) is 4.71. The second-order valence-electron chi connectivity index (χ2n) is 4.71. The van der Waals surface area contributed by atoms with Crippen molar-refractivity contribution >= 4 is 17.3 Å². The second kappa shape index (κ2) is 4.63. The summed E-state index contributed by atoms with van der Waals surface area (Å²) in [5, 5.41) is 0. The number of nitrogens with two attached hydrogens (primary N) is 1. The molecule has 106 valence electrons. The summed E-state index contributed by atoms with van der Waals surface area (Å²) in [7, 11) is 2.99. The topological polar surface area (TPSA) is 78.6 Å². The molecule has 0 radical (unpaired) electrons. The van der Waals surface area contributed by atoms with Crippen LogP contribution in [0, 0.1) is 0 Å². The number of rotatable bonds is 2. The first-order valence-corrected chi connectivity index (χ1v) is 6.31. The standard InChI is InChI=1S/C16H13NO4/c1-20-8-3-4-10-11(5-8)15(18)12-6-9(21-2)7-13(17)14(12)16(10)19/h3-7H,17H2,1-2H3. The average molecular weight is 283 g/mol. The molecule has 2 aromatic rings. The Kier molecular flexibility index (Phi) is 2.90. The largest absolute Gasteiger partial charge is 0.497 e. The molecular weight excluding hydrogens is 270 g/mol. The average Bonchev–Trinajstić information content (AvgIpc) is 2.51. The van der Waals surface area contributed by atoms with Gasteiger partial charge in [0.25, 0.3) is 0 Å². The number of nitrogen functional groups attached to an aromatic ring is 1. The lowest BCUT2D eigenvalue weighted by Gasteiger charge is -2.20. The predicted molar refractivity (Wildman–Crippen MR) is 77.3 cm³/mol. The fourth-order valence-electron chi connectivity index (χ4n) is 2.50. The van der Waals surface area contributed by atoms with Crippen LogP contribution >= 0.6 is 0 Å². The fourth-order valence-corrected chi connectivity index (χ4v) is 2.50. The first kappa shape index (κ1) is 13.2. The van der Waals surface area contributed by atoms with E-state index < -0.39 is 0 Å². The third-order valence-electron chi connectivity index (χ3n) is 3.57. The van der Waals surface area contributed by atoms with Crippen LogP contribution in [0.25, 0.3) is 0 Å². The lowest BCUT2D eigenvalue weighted by molar-refractivity contribution is 0.0979. The Balaban J connectivity index is 2.27. The lowest BCUT2D eigenvalue weighted by Crippen LogP contribution is -2.22. The molecule has 0 aliphatic heterocycles. The molecule has 0 spiro atoms. The molecule has 0 saturated heterocycles. The summed E-state index contributed by atoms with van der Waals surface area (Å²) in [6, 6.07) is 7.87. The van der Waals surface area contributed by atoms with Crippen LogP contribution in [0.3, 0.4) is 0 Å². The van der Waals surface area contributed by atoms with Gasteiger partial charge in [-0.1, -0.05) is 0 Å². The summed E-state index contributed by atoms with van der Waals surface area (Å²) in [6.45, 7) is 0. The van der Waals surface area contributed by atoms with Gasteiger partial charge in [-0.25, -0.2) is 0 Å². The highest BCUT2D eigenvalue weighted by molar-refractivity contribution is 6.30. The van der Waals surface area contributed by atoms with Crippen molar-refractivity contribution in [2.75, 3.05) is 20.0 Å². The molecule has 0 unspecified atom stereocenters. The highest BCUT2D eigenvalue weighted by atomic mass is 16.5. The van der Waals surface area contributed by atoms with Gasteiger partial charge in [-0.2, -0.15) is 0 Å². The highest BCUT2D eigenvalue weighted by Gasteiger charge is 2.32. The number of carbonyl (C=O) groups excluding carboxylic acids is 2. The molecule has 5 heteroatoms. The minimum atomic E-state index is -0.262. The number of anilines is 1. The number of methoxy groups -OCH3 is 2. The maximum absolute atomic E-state index is 12.6. The molecule has 5 nitrogen and oxygen atoms in total. The molecule has 0 heterocycles. The van der Waals surface area contributed by atoms with E-state index >= 15 is 0 Å². The molecule has 0 fully saturated rings. The van der Waals surface area contributed by atoms with E-state index in [1.165, 1.54) is 20.3 Å². The molecule has 0 atom stereocenters. The van der Waals surface area contributed by atoms with E-state index in [-0.39, 0.29) is 28.4 Å². The van der Waals surface area contributed by atoms with Crippen molar-refractivity contribution in [2.24, 2.45) is 0 Å². The molecular formula is C16H13NO4. The minimum absolute atomic E-state index is 0.235. The molecule has 1 aliphatic carbocycles. The predicted octanol–water partition coefficient (Wildman–Crippen LogP) is 2.06. The van der Waals surface area contributed by atoms with Crippen molar-refractivity contribution in [3.8, 4) is 11.5 Å². The third-order valence-corrected chi connectivity index (χ3v) is 3.57. The fraction of sp³-hybridized carbons (Fsp3) is 0.125.